The highest BCUT2D eigenvalue weighted by atomic mass is 32.2. The lowest BCUT2D eigenvalue weighted by atomic mass is 10.1. The lowest BCUT2D eigenvalue weighted by Crippen LogP contribution is -2.27. The van der Waals surface area contributed by atoms with E-state index in [0.717, 1.165) is 47.5 Å². The minimum atomic E-state index is -0.332. The largest absolute Gasteiger partial charge is 0.372 e. The Balaban J connectivity index is 1.60. The topological polar surface area (TPSA) is 69.3 Å². The van der Waals surface area contributed by atoms with Gasteiger partial charge in [0.15, 0.2) is 0 Å². The molecule has 0 radical (unpaired) electrons. The maximum atomic E-state index is 13.1. The van der Waals surface area contributed by atoms with Gasteiger partial charge in [0.2, 0.25) is 0 Å². The third-order valence-electron chi connectivity index (χ3n) is 6.33. The fourth-order valence-corrected chi connectivity index (χ4v) is 5.28. The number of nitrogens with zero attached hydrogens (tertiary/aromatic N) is 4. The highest BCUT2D eigenvalue weighted by Crippen LogP contribution is 2.35. The average Bonchev–Trinajstić information content (AvgIpc) is 3.29. The minimum Gasteiger partial charge on any atom is -0.372 e. The third kappa shape index (κ3) is 4.75. The Morgan fingerprint density at radius 2 is 1.71 bits per heavy atom. The Morgan fingerprint density at radius 1 is 1.03 bits per heavy atom. The molecule has 2 aromatic carbocycles. The number of aromatic nitrogens is 1. The van der Waals surface area contributed by atoms with Gasteiger partial charge in [-0.05, 0) is 93.1 Å². The molecule has 6 nitrogen and oxygen atoms in total. The molecule has 35 heavy (non-hydrogen) atoms. The number of aryl methyl sites for hydroxylation is 1. The third-order valence-corrected chi connectivity index (χ3v) is 7.24. The van der Waals surface area contributed by atoms with Crippen LogP contribution in [0.5, 0.6) is 0 Å². The van der Waals surface area contributed by atoms with Crippen molar-refractivity contribution in [1.82, 2.24) is 9.47 Å². The second-order valence-electron chi connectivity index (χ2n) is 8.39. The van der Waals surface area contributed by atoms with E-state index in [2.05, 4.69) is 53.6 Å². The van der Waals surface area contributed by atoms with Crippen LogP contribution in [-0.4, -0.2) is 33.7 Å². The van der Waals surface area contributed by atoms with Crippen LogP contribution in [0.3, 0.4) is 0 Å². The average molecular weight is 485 g/mol. The van der Waals surface area contributed by atoms with Crippen molar-refractivity contribution in [3.8, 4) is 11.8 Å². The molecule has 0 N–H and O–H groups in total. The molecular formula is C28H28N4O2S. The summed E-state index contributed by atoms with van der Waals surface area (Å²) in [6, 6.07) is 19.7. The number of imide groups is 1. The van der Waals surface area contributed by atoms with E-state index < -0.39 is 0 Å². The van der Waals surface area contributed by atoms with Crippen LogP contribution in [0.25, 0.3) is 11.8 Å². The van der Waals surface area contributed by atoms with Crippen LogP contribution >= 0.6 is 11.8 Å². The second-order valence-corrected chi connectivity index (χ2v) is 9.38. The molecule has 2 heterocycles. The smallest absolute Gasteiger partial charge is 0.293 e. The number of amides is 2. The lowest BCUT2D eigenvalue weighted by Gasteiger charge is -2.21. The summed E-state index contributed by atoms with van der Waals surface area (Å²) in [5.41, 5.74) is 6.31. The van der Waals surface area contributed by atoms with Crippen LogP contribution in [0.2, 0.25) is 0 Å². The number of nitriles is 1. The Bertz CT molecular complexity index is 1340. The number of carbonyl (C=O) groups is 2. The number of thioether (sulfide) groups is 1. The Labute approximate surface area is 210 Å². The van der Waals surface area contributed by atoms with Crippen molar-refractivity contribution in [3.05, 3.63) is 87.6 Å². The van der Waals surface area contributed by atoms with Gasteiger partial charge in [0.25, 0.3) is 11.1 Å². The number of hydrogen-bond donors (Lipinski definition) is 0. The first-order chi connectivity index (χ1) is 16.9. The summed E-state index contributed by atoms with van der Waals surface area (Å²) in [6.07, 6.45) is 1.80. The maximum absolute atomic E-state index is 13.1. The second kappa shape index (κ2) is 10.2. The molecule has 0 spiro atoms. The van der Waals surface area contributed by atoms with Gasteiger partial charge in [0, 0.05) is 35.9 Å². The molecule has 3 aromatic rings. The SMILES string of the molecule is CCN(CC)c1ccc(-n2c(C)cc(/C=C3/SC(=O)N(Cc4ccccc4C#N)C3=O)c2C)cc1. The summed E-state index contributed by atoms with van der Waals surface area (Å²) in [5.74, 6) is -0.332. The van der Waals surface area contributed by atoms with Gasteiger partial charge in [-0.2, -0.15) is 5.26 Å². The first-order valence-electron chi connectivity index (χ1n) is 11.7. The zero-order valence-electron chi connectivity index (χ0n) is 20.4. The van der Waals surface area contributed by atoms with Gasteiger partial charge in [0.1, 0.15) is 0 Å². The number of anilines is 1. The summed E-state index contributed by atoms with van der Waals surface area (Å²) in [6.45, 7) is 10.3. The first-order valence-corrected chi connectivity index (χ1v) is 12.5. The Morgan fingerprint density at radius 3 is 2.37 bits per heavy atom. The summed E-state index contributed by atoms with van der Waals surface area (Å²) in [4.78, 5) is 29.6. The maximum Gasteiger partial charge on any atom is 0.293 e. The van der Waals surface area contributed by atoms with E-state index in [-0.39, 0.29) is 17.7 Å². The summed E-state index contributed by atoms with van der Waals surface area (Å²) in [5, 5.41) is 9.01. The normalized spacial score (nSPS) is 14.6. The standard InChI is InChI=1S/C28H28N4O2S/c1-5-30(6-2)24-11-13-25(14-12-24)32-19(3)15-23(20(32)4)16-26-27(33)31(28(34)35-26)18-22-10-8-7-9-21(22)17-29/h7-16H,5-6,18H2,1-4H3/b26-16+. The Kier molecular flexibility index (Phi) is 7.13. The molecular weight excluding hydrogens is 456 g/mol. The van der Waals surface area contributed by atoms with Gasteiger partial charge in [-0.15, -0.1) is 0 Å². The van der Waals surface area contributed by atoms with Crippen molar-refractivity contribution >= 4 is 34.7 Å². The van der Waals surface area contributed by atoms with Crippen molar-refractivity contribution in [1.29, 1.82) is 5.26 Å². The molecule has 1 aliphatic rings. The van der Waals surface area contributed by atoms with E-state index in [1.54, 1.807) is 30.3 Å². The van der Waals surface area contributed by atoms with E-state index in [4.69, 9.17) is 0 Å². The molecule has 1 aromatic heterocycles. The molecule has 7 heteroatoms. The van der Waals surface area contributed by atoms with Crippen LogP contribution in [-0.2, 0) is 11.3 Å². The fourth-order valence-electron chi connectivity index (χ4n) is 4.45. The van der Waals surface area contributed by atoms with E-state index in [1.165, 1.54) is 10.6 Å². The van der Waals surface area contributed by atoms with Crippen molar-refractivity contribution in [3.63, 3.8) is 0 Å². The lowest BCUT2D eigenvalue weighted by molar-refractivity contribution is -0.123. The quantitative estimate of drug-likeness (QED) is 0.382. The van der Waals surface area contributed by atoms with E-state index in [1.807, 2.05) is 19.9 Å². The molecule has 1 fully saturated rings. The molecule has 0 unspecified atom stereocenters. The van der Waals surface area contributed by atoms with Gasteiger partial charge in [0.05, 0.1) is 23.1 Å². The van der Waals surface area contributed by atoms with Crippen molar-refractivity contribution in [2.24, 2.45) is 0 Å². The zero-order chi connectivity index (χ0) is 25.1. The van der Waals surface area contributed by atoms with Crippen LogP contribution in [0.15, 0.2) is 59.5 Å². The summed E-state index contributed by atoms with van der Waals surface area (Å²) in [7, 11) is 0. The molecule has 4 rings (SSSR count). The van der Waals surface area contributed by atoms with Crippen molar-refractivity contribution in [2.75, 3.05) is 18.0 Å². The van der Waals surface area contributed by atoms with Gasteiger partial charge in [-0.1, -0.05) is 18.2 Å². The van der Waals surface area contributed by atoms with Crippen LogP contribution in [0.4, 0.5) is 10.5 Å². The molecule has 2 amide bonds. The predicted molar refractivity (Wildman–Crippen MR) is 141 cm³/mol. The monoisotopic (exact) mass is 484 g/mol. The van der Waals surface area contributed by atoms with Crippen molar-refractivity contribution in [2.45, 2.75) is 34.2 Å². The van der Waals surface area contributed by atoms with Gasteiger partial charge >= 0.3 is 0 Å². The first kappa shape index (κ1) is 24.4. The van der Waals surface area contributed by atoms with Crippen LogP contribution in [0.1, 0.15) is 41.9 Å². The number of rotatable bonds is 7. The predicted octanol–water partition coefficient (Wildman–Crippen LogP) is 6.05. The molecule has 1 aliphatic heterocycles. The molecule has 0 bridgehead atoms. The number of hydrogen-bond acceptors (Lipinski definition) is 5. The fraction of sp³-hybridized carbons (Fsp3) is 0.250. The molecule has 0 atom stereocenters. The van der Waals surface area contributed by atoms with Gasteiger partial charge in [-0.25, -0.2) is 0 Å². The highest BCUT2D eigenvalue weighted by Gasteiger charge is 2.35. The Hall–Kier alpha value is -3.76. The van der Waals surface area contributed by atoms with Crippen molar-refractivity contribution < 1.29 is 9.59 Å². The molecule has 178 valence electrons. The van der Waals surface area contributed by atoms with Gasteiger partial charge < -0.3 is 9.47 Å². The summed E-state index contributed by atoms with van der Waals surface area (Å²) >= 11 is 0.940. The minimum absolute atomic E-state index is 0.0870. The van der Waals surface area contributed by atoms with Crippen LogP contribution < -0.4 is 4.90 Å². The van der Waals surface area contributed by atoms with E-state index in [0.29, 0.717) is 16.0 Å². The van der Waals surface area contributed by atoms with E-state index in [9.17, 15) is 14.9 Å². The zero-order valence-corrected chi connectivity index (χ0v) is 21.2. The summed E-state index contributed by atoms with van der Waals surface area (Å²) < 4.78 is 2.16. The molecule has 1 saturated heterocycles. The molecule has 0 aliphatic carbocycles. The van der Waals surface area contributed by atoms with Crippen LogP contribution in [0, 0.1) is 25.2 Å². The number of benzene rings is 2. The molecule has 0 saturated carbocycles. The number of carbonyl (C=O) groups excluding carboxylic acids is 2. The van der Waals surface area contributed by atoms with Gasteiger partial charge in [-0.3, -0.25) is 14.5 Å². The van der Waals surface area contributed by atoms with E-state index >= 15 is 0 Å². The highest BCUT2D eigenvalue weighted by molar-refractivity contribution is 8.18.